The standard InChI is InChI=1S/C8H16N4O/c1-10(2)5-6-12(7-9)8(13)11(3)4/h5-6H2,1-4H3. The largest absolute Gasteiger partial charge is 0.332 e. The molecule has 0 aliphatic carbocycles. The number of carbonyl (C=O) groups is 1. The molecule has 74 valence electrons. The molecule has 5 heteroatoms. The molecule has 0 saturated heterocycles. The Morgan fingerprint density at radius 3 is 2.08 bits per heavy atom. The van der Waals surface area contributed by atoms with Gasteiger partial charge >= 0.3 is 6.03 Å². The third-order valence-electron chi connectivity index (χ3n) is 1.51. The van der Waals surface area contributed by atoms with Crippen molar-refractivity contribution in [2.75, 3.05) is 41.3 Å². The third-order valence-corrected chi connectivity index (χ3v) is 1.51. The Kier molecular flexibility index (Phi) is 4.85. The van der Waals surface area contributed by atoms with Crippen LogP contribution >= 0.6 is 0 Å². The maximum absolute atomic E-state index is 11.3. The minimum Gasteiger partial charge on any atom is -0.330 e. The first-order valence-corrected chi connectivity index (χ1v) is 4.02. The van der Waals surface area contributed by atoms with Gasteiger partial charge in [0, 0.05) is 20.6 Å². The van der Waals surface area contributed by atoms with Crippen LogP contribution in [0.3, 0.4) is 0 Å². The molecule has 13 heavy (non-hydrogen) atoms. The molecule has 5 nitrogen and oxygen atoms in total. The lowest BCUT2D eigenvalue weighted by atomic mass is 10.5. The minimum atomic E-state index is -0.274. The summed E-state index contributed by atoms with van der Waals surface area (Å²) in [5.41, 5.74) is 0. The zero-order valence-electron chi connectivity index (χ0n) is 8.61. The van der Waals surface area contributed by atoms with Crippen LogP contribution in [0.4, 0.5) is 4.79 Å². The third kappa shape index (κ3) is 4.33. The average molecular weight is 184 g/mol. The van der Waals surface area contributed by atoms with E-state index in [-0.39, 0.29) is 6.03 Å². The Labute approximate surface area is 79.1 Å². The van der Waals surface area contributed by atoms with Gasteiger partial charge in [-0.1, -0.05) is 0 Å². The van der Waals surface area contributed by atoms with Crippen LogP contribution in [-0.2, 0) is 0 Å². The monoisotopic (exact) mass is 184 g/mol. The highest BCUT2D eigenvalue weighted by atomic mass is 16.2. The lowest BCUT2D eigenvalue weighted by Crippen LogP contribution is -2.39. The minimum absolute atomic E-state index is 0.274. The molecule has 0 aromatic carbocycles. The molecule has 0 saturated carbocycles. The van der Waals surface area contributed by atoms with Crippen molar-refractivity contribution in [2.45, 2.75) is 0 Å². The Hall–Kier alpha value is -1.28. The van der Waals surface area contributed by atoms with Crippen molar-refractivity contribution in [1.29, 1.82) is 5.26 Å². The van der Waals surface area contributed by atoms with Gasteiger partial charge in [0.25, 0.3) is 0 Å². The van der Waals surface area contributed by atoms with Gasteiger partial charge in [-0.05, 0) is 14.1 Å². The van der Waals surface area contributed by atoms with Crippen LogP contribution in [0.1, 0.15) is 0 Å². The maximum Gasteiger partial charge on any atom is 0.332 e. The lowest BCUT2D eigenvalue weighted by Gasteiger charge is -2.20. The van der Waals surface area contributed by atoms with Crippen molar-refractivity contribution in [2.24, 2.45) is 0 Å². The van der Waals surface area contributed by atoms with E-state index in [9.17, 15) is 4.79 Å². The molecular weight excluding hydrogens is 168 g/mol. The summed E-state index contributed by atoms with van der Waals surface area (Å²) in [6.45, 7) is 1.12. The van der Waals surface area contributed by atoms with Crippen LogP contribution in [0.15, 0.2) is 0 Å². The van der Waals surface area contributed by atoms with E-state index in [2.05, 4.69) is 0 Å². The number of hydrogen-bond acceptors (Lipinski definition) is 3. The van der Waals surface area contributed by atoms with Crippen LogP contribution in [0.5, 0.6) is 0 Å². The predicted molar refractivity (Wildman–Crippen MR) is 50.0 cm³/mol. The number of rotatable bonds is 3. The second kappa shape index (κ2) is 5.38. The summed E-state index contributed by atoms with van der Waals surface area (Å²) in [7, 11) is 7.05. The molecule has 0 aromatic heterocycles. The van der Waals surface area contributed by atoms with Gasteiger partial charge in [0.15, 0.2) is 6.19 Å². The fraction of sp³-hybridized carbons (Fsp3) is 0.750. The Morgan fingerprint density at radius 2 is 1.77 bits per heavy atom. The van der Waals surface area contributed by atoms with Gasteiger partial charge in [-0.25, -0.2) is 9.69 Å². The first kappa shape index (κ1) is 11.7. The zero-order chi connectivity index (χ0) is 10.4. The summed E-state index contributed by atoms with van der Waals surface area (Å²) in [6, 6.07) is -0.274. The number of nitrogens with zero attached hydrogens (tertiary/aromatic N) is 4. The van der Waals surface area contributed by atoms with Gasteiger partial charge in [-0.15, -0.1) is 0 Å². The van der Waals surface area contributed by atoms with E-state index in [1.165, 1.54) is 4.90 Å². The molecule has 0 atom stereocenters. The van der Waals surface area contributed by atoms with E-state index in [0.717, 1.165) is 4.90 Å². The van der Waals surface area contributed by atoms with Crippen LogP contribution in [0, 0.1) is 11.5 Å². The van der Waals surface area contributed by atoms with Crippen molar-refractivity contribution < 1.29 is 4.79 Å². The van der Waals surface area contributed by atoms with Crippen LogP contribution in [-0.4, -0.2) is 62.0 Å². The molecule has 0 radical (unpaired) electrons. The summed E-state index contributed by atoms with van der Waals surface area (Å²) in [5.74, 6) is 0. The van der Waals surface area contributed by atoms with E-state index in [1.807, 2.05) is 25.2 Å². The molecule has 0 aliphatic rings. The molecule has 0 N–H and O–H groups in total. The average Bonchev–Trinajstić information content (AvgIpc) is 2.04. The summed E-state index contributed by atoms with van der Waals surface area (Å²) in [4.78, 5) is 15.7. The van der Waals surface area contributed by atoms with Crippen molar-refractivity contribution in [3.05, 3.63) is 0 Å². The first-order valence-electron chi connectivity index (χ1n) is 4.02. The van der Waals surface area contributed by atoms with Gasteiger partial charge in [0.05, 0.1) is 6.54 Å². The highest BCUT2D eigenvalue weighted by molar-refractivity contribution is 5.75. The molecule has 0 unspecified atom stereocenters. The maximum atomic E-state index is 11.3. The molecule has 0 spiro atoms. The summed E-state index contributed by atoms with van der Waals surface area (Å²) >= 11 is 0. The summed E-state index contributed by atoms with van der Waals surface area (Å²) < 4.78 is 0. The highest BCUT2D eigenvalue weighted by Crippen LogP contribution is 1.92. The van der Waals surface area contributed by atoms with Crippen molar-refractivity contribution in [1.82, 2.24) is 14.7 Å². The number of carbonyl (C=O) groups excluding carboxylic acids is 1. The fourth-order valence-corrected chi connectivity index (χ4v) is 0.730. The number of amides is 2. The molecule has 0 bridgehead atoms. The van der Waals surface area contributed by atoms with Gasteiger partial charge in [0.2, 0.25) is 0 Å². The summed E-state index contributed by atoms with van der Waals surface area (Å²) in [6.07, 6.45) is 1.85. The van der Waals surface area contributed by atoms with Crippen molar-refractivity contribution >= 4 is 6.03 Å². The lowest BCUT2D eigenvalue weighted by molar-refractivity contribution is 0.187. The highest BCUT2D eigenvalue weighted by Gasteiger charge is 2.14. The SMILES string of the molecule is CN(C)CCN(C#N)C(=O)N(C)C. The molecule has 0 fully saturated rings. The molecular formula is C8H16N4O. The Morgan fingerprint density at radius 1 is 1.23 bits per heavy atom. The van der Waals surface area contributed by atoms with Gasteiger partial charge < -0.3 is 9.80 Å². The smallest absolute Gasteiger partial charge is 0.330 e. The van der Waals surface area contributed by atoms with Crippen LogP contribution in [0.2, 0.25) is 0 Å². The quantitative estimate of drug-likeness (QED) is 0.458. The van der Waals surface area contributed by atoms with E-state index < -0.39 is 0 Å². The van der Waals surface area contributed by atoms with Crippen molar-refractivity contribution in [3.8, 4) is 6.19 Å². The number of likely N-dealkylation sites (N-methyl/N-ethyl adjacent to an activating group) is 1. The zero-order valence-corrected chi connectivity index (χ0v) is 8.61. The van der Waals surface area contributed by atoms with Crippen LogP contribution < -0.4 is 0 Å². The number of nitriles is 1. The molecule has 0 aliphatic heterocycles. The second-order valence-electron chi connectivity index (χ2n) is 3.23. The first-order chi connectivity index (χ1) is 5.99. The van der Waals surface area contributed by atoms with E-state index >= 15 is 0 Å². The van der Waals surface area contributed by atoms with E-state index in [4.69, 9.17) is 5.26 Å². The van der Waals surface area contributed by atoms with Gasteiger partial charge in [0.1, 0.15) is 0 Å². The number of urea groups is 1. The normalized spacial score (nSPS) is 9.54. The Balaban J connectivity index is 4.05. The van der Waals surface area contributed by atoms with E-state index in [1.54, 1.807) is 14.1 Å². The molecule has 0 rings (SSSR count). The predicted octanol–water partition coefficient (Wildman–Crippen LogP) is 0.0127. The topological polar surface area (TPSA) is 50.6 Å². The van der Waals surface area contributed by atoms with Gasteiger partial charge in [-0.3, -0.25) is 0 Å². The Bertz CT molecular complexity index is 207. The molecule has 0 aromatic rings. The van der Waals surface area contributed by atoms with E-state index in [0.29, 0.717) is 13.1 Å². The summed E-state index contributed by atoms with van der Waals surface area (Å²) in [5, 5.41) is 8.67. The second-order valence-corrected chi connectivity index (χ2v) is 3.23. The van der Waals surface area contributed by atoms with Crippen molar-refractivity contribution in [3.63, 3.8) is 0 Å². The van der Waals surface area contributed by atoms with Gasteiger partial charge in [-0.2, -0.15) is 5.26 Å². The molecule has 2 amide bonds. The fourth-order valence-electron chi connectivity index (χ4n) is 0.730. The van der Waals surface area contributed by atoms with Crippen LogP contribution in [0.25, 0.3) is 0 Å². The number of hydrogen-bond donors (Lipinski definition) is 0. The molecule has 0 heterocycles.